The van der Waals surface area contributed by atoms with Crippen molar-refractivity contribution in [3.8, 4) is 5.69 Å². The van der Waals surface area contributed by atoms with Gasteiger partial charge in [0, 0.05) is 17.7 Å². The summed E-state index contributed by atoms with van der Waals surface area (Å²) in [5.41, 5.74) is 0.920. The molecule has 3 aromatic carbocycles. The number of carbonyl (C=O) groups is 2. The molecule has 1 fully saturated rings. The number of benzene rings is 3. The van der Waals surface area contributed by atoms with E-state index in [0.717, 1.165) is 0 Å². The molecule has 1 aromatic heterocycles. The van der Waals surface area contributed by atoms with Crippen LogP contribution in [0, 0.1) is 6.92 Å². The van der Waals surface area contributed by atoms with Gasteiger partial charge in [0.05, 0.1) is 11.4 Å². The Morgan fingerprint density at radius 3 is 1.89 bits per heavy atom. The zero-order chi connectivity index (χ0) is 26.9. The van der Waals surface area contributed by atoms with Crippen molar-refractivity contribution in [1.29, 1.82) is 0 Å². The second-order valence-corrected chi connectivity index (χ2v) is 12.5. The molecule has 1 amide bonds. The van der Waals surface area contributed by atoms with Crippen LogP contribution in [0.3, 0.4) is 0 Å². The molecule has 8 nitrogen and oxygen atoms in total. The summed E-state index contributed by atoms with van der Waals surface area (Å²) < 4.78 is 23.2. The fraction of sp³-hybridized carbons (Fsp3) is 0.207. The van der Waals surface area contributed by atoms with E-state index in [-0.39, 0.29) is 5.69 Å². The lowest BCUT2D eigenvalue weighted by Crippen LogP contribution is -2.36. The summed E-state index contributed by atoms with van der Waals surface area (Å²) >= 11 is 0. The summed E-state index contributed by atoms with van der Waals surface area (Å²) in [5.74, 6) is -1.32. The summed E-state index contributed by atoms with van der Waals surface area (Å²) in [6.07, 6.45) is 0.794. The average molecular weight is 530 g/mol. The summed E-state index contributed by atoms with van der Waals surface area (Å²) in [6, 6.07) is 27.0. The van der Waals surface area contributed by atoms with Crippen molar-refractivity contribution in [3.05, 3.63) is 107 Å². The Kier molecular flexibility index (Phi) is 6.67. The quantitative estimate of drug-likeness (QED) is 0.278. The second-order valence-electron chi connectivity index (χ2n) is 9.37. The average Bonchev–Trinajstić information content (AvgIpc) is 3.74. The molecule has 1 N–H and O–H groups in total. The maximum absolute atomic E-state index is 14.7. The number of rotatable bonds is 8. The molecule has 5 rings (SSSR count). The third kappa shape index (κ3) is 4.21. The molecular weight excluding hydrogens is 501 g/mol. The van der Waals surface area contributed by atoms with Gasteiger partial charge in [-0.05, 0) is 31.9 Å². The minimum Gasteiger partial charge on any atom is -0.455 e. The summed E-state index contributed by atoms with van der Waals surface area (Å²) in [6.45, 7) is 1.13. The Balaban J connectivity index is 1.36. The van der Waals surface area contributed by atoms with Gasteiger partial charge in [-0.3, -0.25) is 19.1 Å². The SMILES string of the molecule is Cc1c(NC(=O)COC(=O)C2(P(=O)(c3ccccc3)c3ccccc3)CC2)c(=O)n(-c2ccccc2)n1C. The van der Waals surface area contributed by atoms with Gasteiger partial charge in [0.1, 0.15) is 10.8 Å². The molecule has 0 saturated heterocycles. The summed E-state index contributed by atoms with van der Waals surface area (Å²) in [4.78, 5) is 39.3. The predicted molar refractivity (Wildman–Crippen MR) is 147 cm³/mol. The van der Waals surface area contributed by atoms with Crippen LogP contribution in [-0.4, -0.2) is 33.0 Å². The highest BCUT2D eigenvalue weighted by atomic mass is 31.2. The number of esters is 1. The van der Waals surface area contributed by atoms with Gasteiger partial charge >= 0.3 is 5.97 Å². The molecule has 1 aliphatic carbocycles. The van der Waals surface area contributed by atoms with Crippen molar-refractivity contribution >= 4 is 35.3 Å². The highest BCUT2D eigenvalue weighted by molar-refractivity contribution is 7.81. The van der Waals surface area contributed by atoms with Crippen LogP contribution in [0.25, 0.3) is 5.69 Å². The number of carbonyl (C=O) groups excluding carboxylic acids is 2. The normalized spacial score (nSPS) is 14.1. The van der Waals surface area contributed by atoms with E-state index in [1.165, 1.54) is 4.68 Å². The number of hydrogen-bond acceptors (Lipinski definition) is 5. The van der Waals surface area contributed by atoms with Crippen molar-refractivity contribution < 1.29 is 18.9 Å². The van der Waals surface area contributed by atoms with Crippen molar-refractivity contribution in [1.82, 2.24) is 9.36 Å². The third-order valence-corrected chi connectivity index (χ3v) is 11.0. The minimum atomic E-state index is -3.41. The number of hydrogen-bond donors (Lipinski definition) is 1. The number of amides is 1. The predicted octanol–water partition coefficient (Wildman–Crippen LogP) is 3.51. The van der Waals surface area contributed by atoms with Crippen LogP contribution in [0.1, 0.15) is 18.5 Å². The van der Waals surface area contributed by atoms with Gasteiger partial charge in [0.25, 0.3) is 11.5 Å². The Morgan fingerprint density at radius 2 is 1.39 bits per heavy atom. The standard InChI is InChI=1S/C29H28N3O5P/c1-21-26(27(34)32(31(21)2)22-12-6-3-7-13-22)30-25(33)20-37-28(35)29(18-19-29)38(36,23-14-8-4-9-15-23)24-16-10-5-11-17-24/h3-17H,18-20H2,1-2H3,(H,30,33). The largest absolute Gasteiger partial charge is 0.455 e. The highest BCUT2D eigenvalue weighted by Gasteiger charge is 2.65. The van der Waals surface area contributed by atoms with E-state index in [1.54, 1.807) is 79.3 Å². The molecule has 4 aromatic rings. The van der Waals surface area contributed by atoms with Crippen molar-refractivity contribution in [3.63, 3.8) is 0 Å². The lowest BCUT2D eigenvalue weighted by atomic mass is 10.3. The maximum atomic E-state index is 14.7. The lowest BCUT2D eigenvalue weighted by molar-refractivity contribution is -0.147. The van der Waals surface area contributed by atoms with Gasteiger partial charge in [0.2, 0.25) is 0 Å². The Labute approximate surface area is 220 Å². The lowest BCUT2D eigenvalue weighted by Gasteiger charge is -2.27. The minimum absolute atomic E-state index is 0.109. The Morgan fingerprint density at radius 1 is 0.895 bits per heavy atom. The van der Waals surface area contributed by atoms with E-state index in [4.69, 9.17) is 4.74 Å². The van der Waals surface area contributed by atoms with Crippen molar-refractivity contribution in [2.45, 2.75) is 24.9 Å². The molecular formula is C29H28N3O5P. The van der Waals surface area contributed by atoms with Crippen molar-refractivity contribution in [2.24, 2.45) is 7.05 Å². The van der Waals surface area contributed by atoms with E-state index < -0.39 is 36.3 Å². The molecule has 0 unspecified atom stereocenters. The Hall–Kier alpha value is -4.16. The molecule has 1 aliphatic rings. The molecule has 38 heavy (non-hydrogen) atoms. The van der Waals surface area contributed by atoms with Gasteiger partial charge < -0.3 is 14.6 Å². The maximum Gasteiger partial charge on any atom is 0.320 e. The van der Waals surface area contributed by atoms with Crippen LogP contribution in [0.5, 0.6) is 0 Å². The van der Waals surface area contributed by atoms with Gasteiger partial charge in [-0.1, -0.05) is 78.9 Å². The third-order valence-electron chi connectivity index (χ3n) is 7.10. The van der Waals surface area contributed by atoms with Crippen LogP contribution in [0.4, 0.5) is 5.69 Å². The first-order valence-electron chi connectivity index (χ1n) is 12.3. The van der Waals surface area contributed by atoms with Crippen LogP contribution in [0.15, 0.2) is 95.8 Å². The number of nitrogens with zero attached hydrogens (tertiary/aromatic N) is 2. The molecule has 194 valence electrons. The van der Waals surface area contributed by atoms with E-state index in [9.17, 15) is 18.9 Å². The molecule has 1 heterocycles. The highest BCUT2D eigenvalue weighted by Crippen LogP contribution is 2.68. The molecule has 0 spiro atoms. The fourth-order valence-corrected chi connectivity index (χ4v) is 8.37. The number of ether oxygens (including phenoxy) is 1. The first-order valence-corrected chi connectivity index (χ1v) is 14.0. The molecule has 1 saturated carbocycles. The number of para-hydroxylation sites is 1. The van der Waals surface area contributed by atoms with Gasteiger partial charge in [0.15, 0.2) is 13.7 Å². The van der Waals surface area contributed by atoms with Crippen LogP contribution in [-0.2, 0) is 25.9 Å². The first kappa shape index (κ1) is 25.5. The molecule has 0 radical (unpaired) electrons. The number of aromatic nitrogens is 2. The number of anilines is 1. The molecule has 0 atom stereocenters. The zero-order valence-electron chi connectivity index (χ0n) is 21.2. The number of nitrogens with one attached hydrogen (secondary N) is 1. The van der Waals surface area contributed by atoms with E-state index in [1.807, 2.05) is 30.3 Å². The topological polar surface area (TPSA) is 99.4 Å². The molecule has 0 bridgehead atoms. The molecule has 0 aliphatic heterocycles. The fourth-order valence-electron chi connectivity index (χ4n) is 4.84. The van der Waals surface area contributed by atoms with Gasteiger partial charge in [-0.15, -0.1) is 0 Å². The van der Waals surface area contributed by atoms with Crippen LogP contribution in [0.2, 0.25) is 0 Å². The van der Waals surface area contributed by atoms with Crippen LogP contribution >= 0.6 is 7.14 Å². The summed E-state index contributed by atoms with van der Waals surface area (Å²) in [7, 11) is -1.69. The van der Waals surface area contributed by atoms with E-state index in [0.29, 0.717) is 34.8 Å². The first-order chi connectivity index (χ1) is 18.3. The summed E-state index contributed by atoms with van der Waals surface area (Å²) in [5, 5.41) is 2.53. The van der Waals surface area contributed by atoms with Crippen LogP contribution < -0.4 is 21.5 Å². The smallest absolute Gasteiger partial charge is 0.320 e. The zero-order valence-corrected chi connectivity index (χ0v) is 22.1. The molecule has 9 heteroatoms. The second kappa shape index (κ2) is 9.95. The van der Waals surface area contributed by atoms with Crippen molar-refractivity contribution in [2.75, 3.05) is 11.9 Å². The van der Waals surface area contributed by atoms with E-state index >= 15 is 0 Å². The Bertz CT molecular complexity index is 1550. The monoisotopic (exact) mass is 529 g/mol. The van der Waals surface area contributed by atoms with Gasteiger partial charge in [-0.25, -0.2) is 4.68 Å². The van der Waals surface area contributed by atoms with Gasteiger partial charge in [-0.2, -0.15) is 0 Å². The van der Waals surface area contributed by atoms with E-state index in [2.05, 4.69) is 5.32 Å².